The smallest absolute Gasteiger partial charge is 0.475 e. The average molecular weight is 553 g/mol. The van der Waals surface area contributed by atoms with Crippen molar-refractivity contribution in [3.8, 4) is 0 Å². The predicted octanol–water partition coefficient (Wildman–Crippen LogP) is 0.0176. The third-order valence-electron chi connectivity index (χ3n) is 4.30. The van der Waals surface area contributed by atoms with Gasteiger partial charge in [-0.05, 0) is 30.5 Å². The summed E-state index contributed by atoms with van der Waals surface area (Å²) < 4.78 is 0. The zero-order valence-corrected chi connectivity index (χ0v) is 20.8. The van der Waals surface area contributed by atoms with Gasteiger partial charge in [0.2, 0.25) is 5.91 Å². The SMILES string of the molecule is CC(C)C[C@H](NC(=O)CNC(=O)c1cc(Cl)ccc1Cl)B(O)O.O=C(O)CC(O)(CC(=O)O)C(=O)O. The fourth-order valence-corrected chi connectivity index (χ4v) is 3.04. The lowest BCUT2D eigenvalue weighted by molar-refractivity contribution is -0.170. The van der Waals surface area contributed by atoms with E-state index < -0.39 is 61.2 Å². The van der Waals surface area contributed by atoms with Crippen LogP contribution in [0.15, 0.2) is 18.2 Å². The molecule has 1 atom stereocenters. The summed E-state index contributed by atoms with van der Waals surface area (Å²) in [4.78, 5) is 54.3. The van der Waals surface area contributed by atoms with Crippen molar-refractivity contribution in [2.45, 2.75) is 44.7 Å². The molecule has 0 saturated heterocycles. The maximum Gasteiger partial charge on any atom is 0.475 e. The van der Waals surface area contributed by atoms with E-state index in [0.717, 1.165) is 0 Å². The quantitative estimate of drug-likeness (QED) is 0.161. The molecule has 0 radical (unpaired) electrons. The van der Waals surface area contributed by atoms with E-state index in [1.165, 1.54) is 12.1 Å². The highest BCUT2D eigenvalue weighted by Crippen LogP contribution is 2.20. The summed E-state index contributed by atoms with van der Waals surface area (Å²) in [7, 11) is -1.67. The van der Waals surface area contributed by atoms with E-state index in [1.54, 1.807) is 6.07 Å². The van der Waals surface area contributed by atoms with Crippen LogP contribution in [0.4, 0.5) is 0 Å². The molecule has 1 aromatic rings. The van der Waals surface area contributed by atoms with E-state index >= 15 is 0 Å². The Hall–Kier alpha value is -2.91. The molecule has 0 saturated carbocycles. The maximum absolute atomic E-state index is 12.0. The monoisotopic (exact) mass is 552 g/mol. The molecule has 200 valence electrons. The van der Waals surface area contributed by atoms with Gasteiger partial charge in [-0.25, -0.2) is 4.79 Å². The third kappa shape index (κ3) is 12.7. The molecular formula is C20H27BCl2N2O11. The van der Waals surface area contributed by atoms with Gasteiger partial charge in [-0.1, -0.05) is 37.0 Å². The van der Waals surface area contributed by atoms with E-state index in [2.05, 4.69) is 10.6 Å². The molecule has 1 rings (SSSR count). The molecule has 0 aromatic heterocycles. The number of hydrogen-bond donors (Lipinski definition) is 8. The Labute approximate surface area is 216 Å². The number of carboxylic acids is 3. The molecule has 13 nitrogen and oxygen atoms in total. The number of nitrogens with one attached hydrogen (secondary N) is 2. The Balaban J connectivity index is 0.000000802. The number of halogens is 2. The van der Waals surface area contributed by atoms with Gasteiger partial charge < -0.3 is 41.1 Å². The summed E-state index contributed by atoms with van der Waals surface area (Å²) in [6.07, 6.45) is -1.89. The Morgan fingerprint density at radius 2 is 1.53 bits per heavy atom. The standard InChI is InChI=1S/C14H19BCl2N2O4.C6H8O7/c1-8(2)5-12(15(22)23)19-13(20)7-18-14(21)10-6-9(16)3-4-11(10)17;7-3(8)1-6(13,5(11)12)2-4(9)10/h3-4,6,8,12,22-23H,5,7H2,1-2H3,(H,18,21)(H,19,20);13H,1-2H2,(H,7,8)(H,9,10)(H,11,12)/t12-;/m0./s1. The van der Waals surface area contributed by atoms with Crippen molar-refractivity contribution >= 4 is 60.0 Å². The van der Waals surface area contributed by atoms with Crippen molar-refractivity contribution in [3.63, 3.8) is 0 Å². The molecule has 16 heteroatoms. The molecule has 2 amide bonds. The van der Waals surface area contributed by atoms with Gasteiger partial charge in [0, 0.05) is 5.02 Å². The molecule has 0 spiro atoms. The van der Waals surface area contributed by atoms with Crippen molar-refractivity contribution in [3.05, 3.63) is 33.8 Å². The number of carbonyl (C=O) groups is 5. The van der Waals surface area contributed by atoms with Crippen molar-refractivity contribution in [1.29, 1.82) is 0 Å². The minimum absolute atomic E-state index is 0.160. The van der Waals surface area contributed by atoms with Crippen LogP contribution in [0.1, 0.15) is 43.5 Å². The Bertz CT molecular complexity index is 944. The van der Waals surface area contributed by atoms with Crippen molar-refractivity contribution in [2.75, 3.05) is 6.54 Å². The van der Waals surface area contributed by atoms with Crippen LogP contribution in [0.2, 0.25) is 10.0 Å². The van der Waals surface area contributed by atoms with Gasteiger partial charge in [0.25, 0.3) is 5.91 Å². The number of rotatable bonds is 12. The van der Waals surface area contributed by atoms with Gasteiger partial charge in [-0.15, -0.1) is 0 Å². The molecule has 8 N–H and O–H groups in total. The molecular weight excluding hydrogens is 526 g/mol. The number of amides is 2. The number of hydrogen-bond acceptors (Lipinski definition) is 8. The van der Waals surface area contributed by atoms with Crippen LogP contribution in [-0.4, -0.2) is 85.4 Å². The Morgan fingerprint density at radius 3 is 1.94 bits per heavy atom. The normalized spacial score (nSPS) is 11.6. The van der Waals surface area contributed by atoms with E-state index in [1.807, 2.05) is 13.8 Å². The fraction of sp³-hybridized carbons (Fsp3) is 0.450. The summed E-state index contributed by atoms with van der Waals surface area (Å²) in [5.74, 6) is -6.72. The summed E-state index contributed by atoms with van der Waals surface area (Å²) in [5.41, 5.74) is -2.58. The highest BCUT2D eigenvalue weighted by Gasteiger charge is 2.40. The number of benzene rings is 1. The zero-order chi connectivity index (χ0) is 28.2. The topological polar surface area (TPSA) is 231 Å². The molecule has 0 aliphatic heterocycles. The molecule has 0 heterocycles. The lowest BCUT2D eigenvalue weighted by atomic mass is 9.75. The maximum atomic E-state index is 12.0. The first-order valence-electron chi connectivity index (χ1n) is 10.3. The molecule has 0 aliphatic rings. The second kappa shape index (κ2) is 15.3. The van der Waals surface area contributed by atoms with Crippen molar-refractivity contribution in [1.82, 2.24) is 10.6 Å². The lowest BCUT2D eigenvalue weighted by Gasteiger charge is -2.19. The second-order valence-corrected chi connectivity index (χ2v) is 8.85. The number of carboxylic acid groups (broad SMARTS) is 3. The van der Waals surface area contributed by atoms with E-state index in [0.29, 0.717) is 11.4 Å². The average Bonchev–Trinajstić information content (AvgIpc) is 2.72. The summed E-state index contributed by atoms with van der Waals surface area (Å²) in [5, 5.41) is 57.8. The van der Waals surface area contributed by atoms with Gasteiger partial charge in [-0.3, -0.25) is 19.2 Å². The Morgan fingerprint density at radius 1 is 1.00 bits per heavy atom. The molecule has 0 unspecified atom stereocenters. The fourth-order valence-electron chi connectivity index (χ4n) is 2.66. The Kier molecular flexibility index (Phi) is 14.0. The van der Waals surface area contributed by atoms with Crippen LogP contribution in [0.25, 0.3) is 0 Å². The van der Waals surface area contributed by atoms with E-state index in [9.17, 15) is 34.0 Å². The first-order chi connectivity index (χ1) is 16.5. The summed E-state index contributed by atoms with van der Waals surface area (Å²) in [6, 6.07) is 4.43. The highest BCUT2D eigenvalue weighted by atomic mass is 35.5. The first kappa shape index (κ1) is 33.1. The van der Waals surface area contributed by atoms with Crippen LogP contribution in [0.5, 0.6) is 0 Å². The van der Waals surface area contributed by atoms with Crippen LogP contribution >= 0.6 is 23.2 Å². The predicted molar refractivity (Wildman–Crippen MR) is 127 cm³/mol. The third-order valence-corrected chi connectivity index (χ3v) is 4.86. The largest absolute Gasteiger partial charge is 0.481 e. The highest BCUT2D eigenvalue weighted by molar-refractivity contribution is 6.43. The molecule has 1 aromatic carbocycles. The number of carbonyl (C=O) groups excluding carboxylic acids is 2. The van der Waals surface area contributed by atoms with Crippen LogP contribution in [0.3, 0.4) is 0 Å². The van der Waals surface area contributed by atoms with Crippen molar-refractivity contribution < 1.29 is 54.4 Å². The van der Waals surface area contributed by atoms with Crippen molar-refractivity contribution in [2.24, 2.45) is 5.92 Å². The minimum atomic E-state index is -2.74. The van der Waals surface area contributed by atoms with Gasteiger partial charge in [0.1, 0.15) is 0 Å². The van der Waals surface area contributed by atoms with Gasteiger partial charge in [0.15, 0.2) is 5.60 Å². The van der Waals surface area contributed by atoms with Crippen LogP contribution in [0, 0.1) is 5.92 Å². The van der Waals surface area contributed by atoms with E-state index in [-0.39, 0.29) is 23.0 Å². The van der Waals surface area contributed by atoms with Gasteiger partial charge >= 0.3 is 25.0 Å². The van der Waals surface area contributed by atoms with Crippen LogP contribution in [-0.2, 0) is 19.2 Å². The molecule has 0 aliphatic carbocycles. The number of aliphatic carboxylic acids is 3. The van der Waals surface area contributed by atoms with Crippen LogP contribution < -0.4 is 10.6 Å². The first-order valence-corrected chi connectivity index (χ1v) is 11.0. The molecule has 0 fully saturated rings. The summed E-state index contributed by atoms with van der Waals surface area (Å²) in [6.45, 7) is 3.47. The molecule has 36 heavy (non-hydrogen) atoms. The van der Waals surface area contributed by atoms with Gasteiger partial charge in [0.05, 0.1) is 35.9 Å². The number of aliphatic hydroxyl groups is 1. The van der Waals surface area contributed by atoms with Gasteiger partial charge in [-0.2, -0.15) is 0 Å². The zero-order valence-electron chi connectivity index (χ0n) is 19.3. The molecule has 0 bridgehead atoms. The van der Waals surface area contributed by atoms with E-state index in [4.69, 9.17) is 43.6 Å². The minimum Gasteiger partial charge on any atom is -0.481 e. The summed E-state index contributed by atoms with van der Waals surface area (Å²) >= 11 is 11.7. The second-order valence-electron chi connectivity index (χ2n) is 8.00. The lowest BCUT2D eigenvalue weighted by Crippen LogP contribution is -2.50.